The highest BCUT2D eigenvalue weighted by Crippen LogP contribution is 2.24. The second kappa shape index (κ2) is 4.10. The molecule has 2 aromatic heterocycles. The zero-order valence-corrected chi connectivity index (χ0v) is 10.8. The molecule has 0 saturated carbocycles. The first-order valence-electron chi connectivity index (χ1n) is 6.28. The number of pyridine rings is 1. The summed E-state index contributed by atoms with van der Waals surface area (Å²) in [7, 11) is 0. The molecule has 0 amide bonds. The average Bonchev–Trinajstić information content (AvgIpc) is 2.68. The normalized spacial score (nSPS) is 11.5. The van der Waals surface area contributed by atoms with Gasteiger partial charge in [-0.2, -0.15) is 0 Å². The minimum Gasteiger partial charge on any atom is -0.330 e. The van der Waals surface area contributed by atoms with Crippen LogP contribution in [-0.4, -0.2) is 15.9 Å². The molecular weight excluding hydrogens is 222 g/mol. The standard InChI is InChI=1S/C15H17N3/c1-10-4-3-5-13-12(10)7-9-18-14(6-8-16)11(2)17-15(13)18/h3-5,7,9H,6,8,16H2,1-2H3. The van der Waals surface area contributed by atoms with Gasteiger partial charge >= 0.3 is 0 Å². The van der Waals surface area contributed by atoms with Crippen LogP contribution in [0.2, 0.25) is 0 Å². The molecule has 3 heteroatoms. The molecule has 3 aromatic rings. The lowest BCUT2D eigenvalue weighted by atomic mass is 10.1. The summed E-state index contributed by atoms with van der Waals surface area (Å²) in [4.78, 5) is 4.71. The Kier molecular flexibility index (Phi) is 2.56. The number of hydrogen-bond donors (Lipinski definition) is 1. The molecule has 0 unspecified atom stereocenters. The number of imidazole rings is 1. The smallest absolute Gasteiger partial charge is 0.145 e. The molecule has 0 saturated heterocycles. The molecule has 0 atom stereocenters. The fourth-order valence-electron chi connectivity index (χ4n) is 2.61. The van der Waals surface area contributed by atoms with Crippen LogP contribution in [0.25, 0.3) is 16.4 Å². The number of aryl methyl sites for hydroxylation is 2. The van der Waals surface area contributed by atoms with Crippen molar-refractivity contribution in [3.05, 3.63) is 47.4 Å². The fraction of sp³-hybridized carbons (Fsp3) is 0.267. The summed E-state index contributed by atoms with van der Waals surface area (Å²) in [6.45, 7) is 4.84. The maximum Gasteiger partial charge on any atom is 0.145 e. The molecule has 3 nitrogen and oxygen atoms in total. The lowest BCUT2D eigenvalue weighted by Crippen LogP contribution is -2.06. The van der Waals surface area contributed by atoms with Gasteiger partial charge in [-0.25, -0.2) is 4.98 Å². The lowest BCUT2D eigenvalue weighted by Gasteiger charge is -2.05. The average molecular weight is 239 g/mol. The van der Waals surface area contributed by atoms with Crippen molar-refractivity contribution < 1.29 is 0 Å². The Morgan fingerprint density at radius 2 is 2.00 bits per heavy atom. The van der Waals surface area contributed by atoms with Gasteiger partial charge in [0, 0.05) is 23.7 Å². The van der Waals surface area contributed by atoms with Crippen molar-refractivity contribution in [2.24, 2.45) is 5.73 Å². The molecular formula is C15H17N3. The molecule has 0 spiro atoms. The summed E-state index contributed by atoms with van der Waals surface area (Å²) >= 11 is 0. The summed E-state index contributed by atoms with van der Waals surface area (Å²) < 4.78 is 2.17. The van der Waals surface area contributed by atoms with Gasteiger partial charge in [-0.3, -0.25) is 0 Å². The molecule has 92 valence electrons. The minimum atomic E-state index is 0.653. The third kappa shape index (κ3) is 1.51. The van der Waals surface area contributed by atoms with Gasteiger partial charge in [-0.15, -0.1) is 0 Å². The second-order valence-electron chi connectivity index (χ2n) is 4.73. The molecule has 18 heavy (non-hydrogen) atoms. The van der Waals surface area contributed by atoms with E-state index in [4.69, 9.17) is 10.7 Å². The minimum absolute atomic E-state index is 0.653. The zero-order chi connectivity index (χ0) is 12.7. The molecule has 1 aromatic carbocycles. The Morgan fingerprint density at radius 3 is 2.78 bits per heavy atom. The van der Waals surface area contributed by atoms with Crippen molar-refractivity contribution in [2.75, 3.05) is 6.54 Å². The van der Waals surface area contributed by atoms with Crippen molar-refractivity contribution in [1.29, 1.82) is 0 Å². The topological polar surface area (TPSA) is 43.3 Å². The van der Waals surface area contributed by atoms with E-state index in [9.17, 15) is 0 Å². The van der Waals surface area contributed by atoms with E-state index in [0.717, 1.165) is 17.8 Å². The SMILES string of the molecule is Cc1nc2c3cccc(C)c3ccn2c1CCN. The van der Waals surface area contributed by atoms with Crippen molar-refractivity contribution >= 4 is 16.4 Å². The highest BCUT2D eigenvalue weighted by molar-refractivity contribution is 5.96. The van der Waals surface area contributed by atoms with Crippen LogP contribution in [0.4, 0.5) is 0 Å². The van der Waals surface area contributed by atoms with Crippen LogP contribution in [0.1, 0.15) is 17.0 Å². The van der Waals surface area contributed by atoms with Gasteiger partial charge in [0.05, 0.1) is 5.69 Å². The van der Waals surface area contributed by atoms with Crippen LogP contribution in [-0.2, 0) is 6.42 Å². The highest BCUT2D eigenvalue weighted by atomic mass is 15.0. The number of hydrogen-bond acceptors (Lipinski definition) is 2. The Balaban J connectivity index is 2.42. The van der Waals surface area contributed by atoms with Crippen LogP contribution in [0.3, 0.4) is 0 Å². The Hall–Kier alpha value is -1.87. The van der Waals surface area contributed by atoms with Gasteiger partial charge in [0.15, 0.2) is 0 Å². The van der Waals surface area contributed by atoms with Crippen LogP contribution in [0.5, 0.6) is 0 Å². The first kappa shape index (κ1) is 11.2. The molecule has 0 aliphatic carbocycles. The first-order chi connectivity index (χ1) is 8.72. The number of nitrogens with zero attached hydrogens (tertiary/aromatic N) is 2. The van der Waals surface area contributed by atoms with Crippen LogP contribution in [0, 0.1) is 13.8 Å². The first-order valence-corrected chi connectivity index (χ1v) is 6.28. The van der Waals surface area contributed by atoms with E-state index in [1.165, 1.54) is 22.0 Å². The van der Waals surface area contributed by atoms with Crippen molar-refractivity contribution in [3.63, 3.8) is 0 Å². The van der Waals surface area contributed by atoms with E-state index in [-0.39, 0.29) is 0 Å². The number of benzene rings is 1. The van der Waals surface area contributed by atoms with Gasteiger partial charge in [-0.1, -0.05) is 18.2 Å². The Morgan fingerprint density at radius 1 is 1.17 bits per heavy atom. The van der Waals surface area contributed by atoms with E-state index in [2.05, 4.69) is 48.7 Å². The van der Waals surface area contributed by atoms with Crippen LogP contribution < -0.4 is 5.73 Å². The molecule has 0 aliphatic rings. The van der Waals surface area contributed by atoms with E-state index in [1.807, 2.05) is 0 Å². The predicted molar refractivity (Wildman–Crippen MR) is 74.9 cm³/mol. The lowest BCUT2D eigenvalue weighted by molar-refractivity contribution is 0.895. The summed E-state index contributed by atoms with van der Waals surface area (Å²) in [5.41, 5.74) is 10.3. The maximum absolute atomic E-state index is 5.68. The van der Waals surface area contributed by atoms with Gasteiger partial charge in [0.2, 0.25) is 0 Å². The van der Waals surface area contributed by atoms with Gasteiger partial charge < -0.3 is 10.1 Å². The number of aromatic nitrogens is 2. The van der Waals surface area contributed by atoms with E-state index in [0.29, 0.717) is 6.54 Å². The van der Waals surface area contributed by atoms with E-state index < -0.39 is 0 Å². The van der Waals surface area contributed by atoms with E-state index >= 15 is 0 Å². The number of fused-ring (bicyclic) bond motifs is 3. The maximum atomic E-state index is 5.68. The predicted octanol–water partition coefficient (Wildman–Crippen LogP) is 2.61. The molecule has 2 heterocycles. The van der Waals surface area contributed by atoms with Gasteiger partial charge in [0.25, 0.3) is 0 Å². The van der Waals surface area contributed by atoms with Crippen LogP contribution >= 0.6 is 0 Å². The van der Waals surface area contributed by atoms with Crippen molar-refractivity contribution in [2.45, 2.75) is 20.3 Å². The Labute approximate surface area is 106 Å². The summed E-state index contributed by atoms with van der Waals surface area (Å²) in [5.74, 6) is 0. The molecule has 0 fully saturated rings. The number of rotatable bonds is 2. The quantitative estimate of drug-likeness (QED) is 0.747. The molecule has 2 N–H and O–H groups in total. The zero-order valence-electron chi connectivity index (χ0n) is 10.8. The third-order valence-corrected chi connectivity index (χ3v) is 3.55. The largest absolute Gasteiger partial charge is 0.330 e. The fourth-order valence-corrected chi connectivity index (χ4v) is 2.61. The third-order valence-electron chi connectivity index (χ3n) is 3.55. The summed E-state index contributed by atoms with van der Waals surface area (Å²) in [5, 5.41) is 2.48. The highest BCUT2D eigenvalue weighted by Gasteiger charge is 2.10. The van der Waals surface area contributed by atoms with E-state index in [1.54, 1.807) is 0 Å². The molecule has 0 aliphatic heterocycles. The van der Waals surface area contributed by atoms with Gasteiger partial charge in [0.1, 0.15) is 5.65 Å². The van der Waals surface area contributed by atoms with Crippen molar-refractivity contribution in [1.82, 2.24) is 9.38 Å². The summed E-state index contributed by atoms with van der Waals surface area (Å²) in [6.07, 6.45) is 2.97. The monoisotopic (exact) mass is 239 g/mol. The summed E-state index contributed by atoms with van der Waals surface area (Å²) in [6, 6.07) is 8.52. The number of nitrogens with two attached hydrogens (primary N) is 1. The van der Waals surface area contributed by atoms with Gasteiger partial charge in [-0.05, 0) is 37.4 Å². The second-order valence-corrected chi connectivity index (χ2v) is 4.73. The van der Waals surface area contributed by atoms with Crippen molar-refractivity contribution in [3.8, 4) is 0 Å². The molecule has 0 bridgehead atoms. The van der Waals surface area contributed by atoms with Crippen LogP contribution in [0.15, 0.2) is 30.5 Å². The molecule has 3 rings (SSSR count). The molecule has 0 radical (unpaired) electrons. The Bertz CT molecular complexity index is 725.